The van der Waals surface area contributed by atoms with Gasteiger partial charge >= 0.3 is 5.97 Å². The molecule has 0 unspecified atom stereocenters. The highest BCUT2D eigenvalue weighted by Gasteiger charge is 2.51. The highest BCUT2D eigenvalue weighted by molar-refractivity contribution is 9.10. The second-order valence-corrected chi connectivity index (χ2v) is 5.15. The Hall–Kier alpha value is -1.43. The standard InChI is InChI=1S/C12H11BrFNO3/c13-7-3-1-4-8(14)9(7)15-10(16)12(11(17)18)5-2-6-12/h1,3-4H,2,5-6H2,(H,15,16)(H,17,18). The SMILES string of the molecule is O=C(O)C1(C(=O)Nc2c(F)cccc2Br)CCC1. The highest BCUT2D eigenvalue weighted by Crippen LogP contribution is 2.42. The predicted molar refractivity (Wildman–Crippen MR) is 66.6 cm³/mol. The molecule has 2 rings (SSSR count). The molecule has 0 heterocycles. The fourth-order valence-corrected chi connectivity index (χ4v) is 2.36. The van der Waals surface area contributed by atoms with Crippen LogP contribution in [-0.2, 0) is 9.59 Å². The summed E-state index contributed by atoms with van der Waals surface area (Å²) in [4.78, 5) is 23.1. The quantitative estimate of drug-likeness (QED) is 0.843. The summed E-state index contributed by atoms with van der Waals surface area (Å²) in [7, 11) is 0. The Morgan fingerprint density at radius 2 is 2.06 bits per heavy atom. The Morgan fingerprint density at radius 3 is 2.50 bits per heavy atom. The van der Waals surface area contributed by atoms with Gasteiger partial charge in [-0.1, -0.05) is 12.5 Å². The fourth-order valence-electron chi connectivity index (χ4n) is 1.92. The number of halogens is 2. The van der Waals surface area contributed by atoms with Crippen LogP contribution in [0.15, 0.2) is 22.7 Å². The number of nitrogens with one attached hydrogen (secondary N) is 1. The number of rotatable bonds is 3. The number of anilines is 1. The molecule has 1 aliphatic rings. The van der Waals surface area contributed by atoms with Crippen molar-refractivity contribution < 1.29 is 19.1 Å². The molecule has 0 bridgehead atoms. The summed E-state index contributed by atoms with van der Waals surface area (Å²) in [5.74, 6) is -2.41. The van der Waals surface area contributed by atoms with Crippen molar-refractivity contribution in [2.24, 2.45) is 5.41 Å². The predicted octanol–water partition coefficient (Wildman–Crippen LogP) is 2.78. The van der Waals surface area contributed by atoms with Gasteiger partial charge in [0.25, 0.3) is 0 Å². The van der Waals surface area contributed by atoms with Gasteiger partial charge in [0, 0.05) is 4.47 Å². The number of hydrogen-bond acceptors (Lipinski definition) is 2. The van der Waals surface area contributed by atoms with Gasteiger partial charge in [0.15, 0.2) is 0 Å². The van der Waals surface area contributed by atoms with E-state index in [1.807, 2.05) is 0 Å². The summed E-state index contributed by atoms with van der Waals surface area (Å²) in [6, 6.07) is 4.27. The van der Waals surface area contributed by atoms with E-state index in [0.29, 0.717) is 23.7 Å². The Bertz CT molecular complexity index is 494. The van der Waals surface area contributed by atoms with Gasteiger partial charge in [-0.2, -0.15) is 0 Å². The first-order valence-electron chi connectivity index (χ1n) is 5.46. The monoisotopic (exact) mass is 315 g/mol. The molecule has 0 spiro atoms. The molecule has 0 saturated heterocycles. The second kappa shape index (κ2) is 4.68. The number of carbonyl (C=O) groups excluding carboxylic acids is 1. The maximum atomic E-state index is 13.5. The van der Waals surface area contributed by atoms with Crippen LogP contribution in [0.1, 0.15) is 19.3 Å². The number of hydrogen-bond donors (Lipinski definition) is 2. The molecule has 96 valence electrons. The minimum absolute atomic E-state index is 0.0185. The summed E-state index contributed by atoms with van der Waals surface area (Å²) in [5, 5.41) is 11.5. The van der Waals surface area contributed by atoms with Crippen molar-refractivity contribution in [2.75, 3.05) is 5.32 Å². The first-order valence-corrected chi connectivity index (χ1v) is 6.25. The van der Waals surface area contributed by atoms with E-state index in [1.165, 1.54) is 12.1 Å². The molecule has 1 fully saturated rings. The maximum Gasteiger partial charge on any atom is 0.319 e. The van der Waals surface area contributed by atoms with E-state index in [0.717, 1.165) is 0 Å². The van der Waals surface area contributed by atoms with E-state index < -0.39 is 23.1 Å². The van der Waals surface area contributed by atoms with Crippen LogP contribution in [-0.4, -0.2) is 17.0 Å². The second-order valence-electron chi connectivity index (χ2n) is 4.29. The summed E-state index contributed by atoms with van der Waals surface area (Å²) in [6.45, 7) is 0. The van der Waals surface area contributed by atoms with E-state index >= 15 is 0 Å². The lowest BCUT2D eigenvalue weighted by Crippen LogP contribution is -2.48. The molecule has 1 aromatic carbocycles. The van der Waals surface area contributed by atoms with Crippen LogP contribution in [0, 0.1) is 11.2 Å². The van der Waals surface area contributed by atoms with Crippen LogP contribution in [0.25, 0.3) is 0 Å². The normalized spacial score (nSPS) is 16.8. The number of carboxylic acid groups (broad SMARTS) is 1. The average molecular weight is 316 g/mol. The van der Waals surface area contributed by atoms with Crippen LogP contribution in [0.3, 0.4) is 0 Å². The lowest BCUT2D eigenvalue weighted by atomic mass is 9.68. The lowest BCUT2D eigenvalue weighted by molar-refractivity contribution is -0.159. The van der Waals surface area contributed by atoms with Crippen LogP contribution in [0.5, 0.6) is 0 Å². The molecule has 18 heavy (non-hydrogen) atoms. The van der Waals surface area contributed by atoms with Crippen molar-refractivity contribution >= 4 is 33.5 Å². The van der Waals surface area contributed by atoms with E-state index in [1.54, 1.807) is 6.07 Å². The molecule has 4 nitrogen and oxygen atoms in total. The first kappa shape index (κ1) is 13.0. The molecule has 1 saturated carbocycles. The molecule has 0 aromatic heterocycles. The molecular weight excluding hydrogens is 305 g/mol. The molecule has 2 N–H and O–H groups in total. The summed E-state index contributed by atoms with van der Waals surface area (Å²) in [5.41, 5.74) is -1.42. The van der Waals surface area contributed by atoms with Gasteiger partial charge in [-0.25, -0.2) is 4.39 Å². The number of aliphatic carboxylic acids is 1. The van der Waals surface area contributed by atoms with Gasteiger partial charge < -0.3 is 10.4 Å². The zero-order valence-corrected chi connectivity index (χ0v) is 11.0. The van der Waals surface area contributed by atoms with Crippen LogP contribution in [0.2, 0.25) is 0 Å². The zero-order chi connectivity index (χ0) is 13.3. The van der Waals surface area contributed by atoms with E-state index in [9.17, 15) is 14.0 Å². The van der Waals surface area contributed by atoms with Gasteiger partial charge in [0.05, 0.1) is 5.69 Å². The maximum absolute atomic E-state index is 13.5. The van der Waals surface area contributed by atoms with E-state index in [2.05, 4.69) is 21.2 Å². The third-order valence-electron chi connectivity index (χ3n) is 3.25. The summed E-state index contributed by atoms with van der Waals surface area (Å²) < 4.78 is 13.9. The summed E-state index contributed by atoms with van der Waals surface area (Å²) >= 11 is 3.12. The Labute approximate surface area is 111 Å². The van der Waals surface area contributed by atoms with Gasteiger partial charge in [0.1, 0.15) is 11.2 Å². The largest absolute Gasteiger partial charge is 0.480 e. The number of benzene rings is 1. The molecule has 1 amide bonds. The minimum atomic E-state index is -1.40. The first-order chi connectivity index (χ1) is 8.47. The Morgan fingerprint density at radius 1 is 1.39 bits per heavy atom. The Kier molecular flexibility index (Phi) is 3.38. The third-order valence-corrected chi connectivity index (χ3v) is 3.91. The van der Waals surface area contributed by atoms with Gasteiger partial charge in [-0.3, -0.25) is 9.59 Å². The minimum Gasteiger partial charge on any atom is -0.480 e. The van der Waals surface area contributed by atoms with Crippen LogP contribution in [0.4, 0.5) is 10.1 Å². The lowest BCUT2D eigenvalue weighted by Gasteiger charge is -2.35. The number of amides is 1. The Balaban J connectivity index is 2.24. The van der Waals surface area contributed by atoms with E-state index in [-0.39, 0.29) is 5.69 Å². The number of carbonyl (C=O) groups is 2. The van der Waals surface area contributed by atoms with E-state index in [4.69, 9.17) is 5.11 Å². The van der Waals surface area contributed by atoms with Crippen molar-refractivity contribution in [3.63, 3.8) is 0 Å². The molecule has 1 aliphatic carbocycles. The van der Waals surface area contributed by atoms with Gasteiger partial charge in [-0.05, 0) is 40.9 Å². The van der Waals surface area contributed by atoms with Crippen molar-refractivity contribution in [3.8, 4) is 0 Å². The summed E-state index contributed by atoms with van der Waals surface area (Å²) in [6.07, 6.45) is 1.28. The van der Waals surface area contributed by atoms with Crippen molar-refractivity contribution in [2.45, 2.75) is 19.3 Å². The van der Waals surface area contributed by atoms with Crippen molar-refractivity contribution in [3.05, 3.63) is 28.5 Å². The number of carboxylic acids is 1. The highest BCUT2D eigenvalue weighted by atomic mass is 79.9. The third kappa shape index (κ3) is 2.01. The molecule has 6 heteroatoms. The molecule has 0 radical (unpaired) electrons. The average Bonchev–Trinajstić information content (AvgIpc) is 2.21. The fraction of sp³-hybridized carbons (Fsp3) is 0.333. The molecule has 0 aliphatic heterocycles. The topological polar surface area (TPSA) is 66.4 Å². The van der Waals surface area contributed by atoms with Crippen LogP contribution >= 0.6 is 15.9 Å². The zero-order valence-electron chi connectivity index (χ0n) is 9.37. The van der Waals surface area contributed by atoms with Crippen LogP contribution < -0.4 is 5.32 Å². The number of para-hydroxylation sites is 1. The van der Waals surface area contributed by atoms with Gasteiger partial charge in [-0.15, -0.1) is 0 Å². The van der Waals surface area contributed by atoms with Gasteiger partial charge in [0.2, 0.25) is 5.91 Å². The van der Waals surface area contributed by atoms with Crippen molar-refractivity contribution in [1.82, 2.24) is 0 Å². The molecular formula is C12H11BrFNO3. The molecule has 1 aromatic rings. The molecule has 0 atom stereocenters. The van der Waals surface area contributed by atoms with Crippen molar-refractivity contribution in [1.29, 1.82) is 0 Å². The smallest absolute Gasteiger partial charge is 0.319 e.